The first-order valence-corrected chi connectivity index (χ1v) is 13.8. The van der Waals surface area contributed by atoms with Gasteiger partial charge in [0.15, 0.2) is 23.2 Å². The Balaban J connectivity index is 2.19. The van der Waals surface area contributed by atoms with Gasteiger partial charge in [-0.05, 0) is 37.3 Å². The Morgan fingerprint density at radius 2 is 1.48 bits per heavy atom. The zero-order valence-electron chi connectivity index (χ0n) is 22.3. The number of Topliss-reactive ketones (excluding diaryl/α,β-unsaturated/α-hetero) is 1. The number of hydrogen-bond acceptors (Lipinski definition) is 7. The zero-order chi connectivity index (χ0) is 31.6. The summed E-state index contributed by atoms with van der Waals surface area (Å²) in [6.45, 7) is 2.17. The van der Waals surface area contributed by atoms with Gasteiger partial charge in [-0.25, -0.2) is 21.6 Å². The molecule has 16 heteroatoms. The van der Waals surface area contributed by atoms with Crippen LogP contribution in [0.5, 0.6) is 5.75 Å². The first-order valence-electron chi connectivity index (χ1n) is 12.5. The topological polar surface area (TPSA) is 148 Å². The average molecular weight is 622 g/mol. The van der Waals surface area contributed by atoms with Gasteiger partial charge in [0.2, 0.25) is 17.5 Å². The van der Waals surface area contributed by atoms with Gasteiger partial charge in [-0.15, -0.1) is 0 Å². The van der Waals surface area contributed by atoms with Gasteiger partial charge in [-0.1, -0.05) is 26.0 Å². The normalized spacial score (nSPS) is 12.5. The van der Waals surface area contributed by atoms with Crippen molar-refractivity contribution in [1.82, 2.24) is 10.6 Å². The summed E-state index contributed by atoms with van der Waals surface area (Å²) >= 11 is 0. The fraction of sp³-hybridized carbons (Fsp3) is 0.385. The summed E-state index contributed by atoms with van der Waals surface area (Å²) in [5, 5.41) is 6.52. The minimum Gasteiger partial charge on any atom is -0.479 e. The monoisotopic (exact) mass is 621 g/mol. The number of para-hydroxylation sites is 1. The second-order valence-electron chi connectivity index (χ2n) is 9.40. The van der Waals surface area contributed by atoms with Crippen LogP contribution in [0.4, 0.5) is 27.6 Å². The number of halogens is 5. The maximum atomic E-state index is 13.9. The SMILES string of the molecule is CC(C)C[C@H](NC(=O)C(=O)Nc1ccccc1F)C(=O)N[C@@H](CCC[SH](=O)=O)C(=O)COc1c(F)c(F)cc(F)c1F. The molecule has 0 aliphatic carbocycles. The van der Waals surface area contributed by atoms with E-state index < -0.39 is 93.5 Å². The molecule has 0 unspecified atom stereocenters. The smallest absolute Gasteiger partial charge is 0.313 e. The highest BCUT2D eigenvalue weighted by Gasteiger charge is 2.30. The minimum absolute atomic E-state index is 0.0482. The van der Waals surface area contributed by atoms with E-state index in [1.165, 1.54) is 18.2 Å². The van der Waals surface area contributed by atoms with Gasteiger partial charge < -0.3 is 20.7 Å². The van der Waals surface area contributed by atoms with Gasteiger partial charge in [0.25, 0.3) is 0 Å². The van der Waals surface area contributed by atoms with Crippen LogP contribution in [0.3, 0.4) is 0 Å². The van der Waals surface area contributed by atoms with Crippen molar-refractivity contribution in [2.45, 2.75) is 45.2 Å². The molecule has 0 fully saturated rings. The Bertz CT molecular complexity index is 1370. The van der Waals surface area contributed by atoms with Crippen LogP contribution in [-0.4, -0.2) is 56.4 Å². The van der Waals surface area contributed by atoms with Crippen molar-refractivity contribution in [3.05, 3.63) is 59.4 Å². The van der Waals surface area contributed by atoms with Gasteiger partial charge in [0.1, 0.15) is 29.2 Å². The van der Waals surface area contributed by atoms with Crippen molar-refractivity contribution in [3.8, 4) is 5.75 Å². The predicted molar refractivity (Wildman–Crippen MR) is 140 cm³/mol. The lowest BCUT2D eigenvalue weighted by molar-refractivity contribution is -0.138. The van der Waals surface area contributed by atoms with Crippen LogP contribution in [0, 0.1) is 35.0 Å². The number of carbonyl (C=O) groups excluding carboxylic acids is 4. The van der Waals surface area contributed by atoms with E-state index in [0.717, 1.165) is 6.07 Å². The number of ketones is 1. The summed E-state index contributed by atoms with van der Waals surface area (Å²) < 4.78 is 95.2. The van der Waals surface area contributed by atoms with Crippen LogP contribution in [-0.2, 0) is 29.9 Å². The molecule has 0 spiro atoms. The summed E-state index contributed by atoms with van der Waals surface area (Å²) in [5.41, 5.74) is -0.295. The molecule has 230 valence electrons. The molecule has 10 nitrogen and oxygen atoms in total. The van der Waals surface area contributed by atoms with Gasteiger partial charge in [-0.3, -0.25) is 19.2 Å². The molecular weight excluding hydrogens is 593 g/mol. The highest BCUT2D eigenvalue weighted by Crippen LogP contribution is 2.26. The molecule has 0 aliphatic heterocycles. The number of amides is 3. The highest BCUT2D eigenvalue weighted by molar-refractivity contribution is 7.72. The van der Waals surface area contributed by atoms with Crippen molar-refractivity contribution < 1.29 is 54.3 Å². The molecule has 0 radical (unpaired) electrons. The summed E-state index contributed by atoms with van der Waals surface area (Å²) in [7, 11) is -2.86. The van der Waals surface area contributed by atoms with Crippen LogP contribution in [0.2, 0.25) is 0 Å². The maximum absolute atomic E-state index is 13.9. The van der Waals surface area contributed by atoms with Gasteiger partial charge in [-0.2, -0.15) is 8.78 Å². The Morgan fingerprint density at radius 1 is 0.857 bits per heavy atom. The van der Waals surface area contributed by atoms with E-state index in [-0.39, 0.29) is 36.9 Å². The molecule has 2 aromatic carbocycles. The molecule has 0 saturated heterocycles. The molecule has 2 rings (SSSR count). The van der Waals surface area contributed by atoms with Crippen LogP contribution >= 0.6 is 0 Å². The standard InChI is InChI=1S/C26H28F5N3O7S/c1-13(2)10-19(34-26(38)25(37)32-17-7-4-3-6-14(17)27)24(36)33-18(8-5-9-42(39)40)20(35)12-41-23-21(30)15(28)11-16(29)22(23)31/h3-4,6-7,11,13,18-19,42H,5,8-10,12H2,1-2H3,(H,32,37)(H,33,36)(H,34,38)/t18-,19-/m0/s1. The lowest BCUT2D eigenvalue weighted by Gasteiger charge is -2.24. The van der Waals surface area contributed by atoms with Crippen molar-refractivity contribution in [2.75, 3.05) is 17.7 Å². The van der Waals surface area contributed by atoms with Crippen LogP contribution < -0.4 is 20.7 Å². The van der Waals surface area contributed by atoms with Crippen molar-refractivity contribution in [1.29, 1.82) is 0 Å². The molecule has 0 aromatic heterocycles. The molecule has 0 aliphatic rings. The fourth-order valence-electron chi connectivity index (χ4n) is 3.60. The number of nitrogens with one attached hydrogen (secondary N) is 3. The largest absolute Gasteiger partial charge is 0.479 e. The van der Waals surface area contributed by atoms with Crippen molar-refractivity contribution in [2.24, 2.45) is 5.92 Å². The van der Waals surface area contributed by atoms with E-state index in [1.807, 2.05) is 0 Å². The lowest BCUT2D eigenvalue weighted by Crippen LogP contribution is -2.54. The van der Waals surface area contributed by atoms with Crippen molar-refractivity contribution in [3.63, 3.8) is 0 Å². The van der Waals surface area contributed by atoms with Crippen LogP contribution in [0.15, 0.2) is 30.3 Å². The first kappa shape index (κ1) is 34.1. The Morgan fingerprint density at radius 3 is 2.05 bits per heavy atom. The molecule has 3 amide bonds. The summed E-state index contributed by atoms with van der Waals surface area (Å²) in [6.07, 6.45) is -0.512. The number of anilines is 1. The van der Waals surface area contributed by atoms with Gasteiger partial charge >= 0.3 is 11.8 Å². The van der Waals surface area contributed by atoms with E-state index in [2.05, 4.69) is 20.7 Å². The Kier molecular flexibility index (Phi) is 12.8. The van der Waals surface area contributed by atoms with Gasteiger partial charge in [0, 0.05) is 11.8 Å². The van der Waals surface area contributed by atoms with Crippen molar-refractivity contribution >= 4 is 39.9 Å². The van der Waals surface area contributed by atoms with Crippen LogP contribution in [0.1, 0.15) is 33.1 Å². The number of hydrogen-bond donors (Lipinski definition) is 4. The second kappa shape index (κ2) is 15.8. The quantitative estimate of drug-likeness (QED) is 0.110. The number of rotatable bonds is 14. The Labute approximate surface area is 238 Å². The molecule has 2 atom stereocenters. The number of benzene rings is 2. The van der Waals surface area contributed by atoms with Crippen LogP contribution in [0.25, 0.3) is 0 Å². The average Bonchev–Trinajstić information content (AvgIpc) is 2.91. The lowest BCUT2D eigenvalue weighted by atomic mass is 10.0. The maximum Gasteiger partial charge on any atom is 0.313 e. The molecule has 3 N–H and O–H groups in total. The minimum atomic E-state index is -2.86. The molecule has 2 aromatic rings. The summed E-state index contributed by atoms with van der Waals surface area (Å²) in [5.74, 6) is -15.0. The van der Waals surface area contributed by atoms with E-state index in [1.54, 1.807) is 13.8 Å². The zero-order valence-corrected chi connectivity index (χ0v) is 23.2. The predicted octanol–water partition coefficient (Wildman–Crippen LogP) is 2.38. The van der Waals surface area contributed by atoms with E-state index in [0.29, 0.717) is 0 Å². The highest BCUT2D eigenvalue weighted by atomic mass is 32.2. The number of carbonyl (C=O) groups is 4. The third kappa shape index (κ3) is 10.1. The number of ether oxygens (including phenoxy) is 1. The summed E-state index contributed by atoms with van der Waals surface area (Å²) in [4.78, 5) is 50.7. The second-order valence-corrected chi connectivity index (χ2v) is 10.5. The molecule has 0 bridgehead atoms. The molecular formula is C26H28F5N3O7S. The molecule has 0 saturated carbocycles. The Hall–Kier alpha value is -4.08. The summed E-state index contributed by atoms with van der Waals surface area (Å²) in [6, 6.07) is 1.99. The van der Waals surface area contributed by atoms with E-state index in [4.69, 9.17) is 0 Å². The van der Waals surface area contributed by atoms with E-state index >= 15 is 0 Å². The number of thiol groups is 1. The molecule has 42 heavy (non-hydrogen) atoms. The van der Waals surface area contributed by atoms with E-state index in [9.17, 15) is 49.5 Å². The third-order valence-electron chi connectivity index (χ3n) is 5.63. The first-order chi connectivity index (χ1) is 19.7. The fourth-order valence-corrected chi connectivity index (χ4v) is 4.04. The molecule has 0 heterocycles. The third-order valence-corrected chi connectivity index (χ3v) is 6.31. The van der Waals surface area contributed by atoms with Gasteiger partial charge in [0.05, 0.1) is 11.7 Å².